The van der Waals surface area contributed by atoms with Crippen LogP contribution >= 0.6 is 0 Å². The van der Waals surface area contributed by atoms with E-state index in [4.69, 9.17) is 4.98 Å². The molecule has 26 heavy (non-hydrogen) atoms. The molecule has 1 aromatic heterocycles. The van der Waals surface area contributed by atoms with E-state index in [2.05, 4.69) is 29.0 Å². The van der Waals surface area contributed by atoms with Crippen molar-refractivity contribution in [1.29, 1.82) is 0 Å². The third kappa shape index (κ3) is 5.55. The summed E-state index contributed by atoms with van der Waals surface area (Å²) in [7, 11) is 0. The van der Waals surface area contributed by atoms with E-state index < -0.39 is 0 Å². The molecule has 0 saturated carbocycles. The van der Waals surface area contributed by atoms with Gasteiger partial charge in [-0.1, -0.05) is 44.2 Å². The highest BCUT2D eigenvalue weighted by atomic mass is 16.2. The van der Waals surface area contributed by atoms with Crippen LogP contribution in [0.5, 0.6) is 0 Å². The molecule has 0 spiro atoms. The molecule has 0 aliphatic carbocycles. The smallest absolute Gasteiger partial charge is 0.270 e. The van der Waals surface area contributed by atoms with Crippen LogP contribution < -0.4 is 10.2 Å². The third-order valence-electron chi connectivity index (χ3n) is 3.78. The summed E-state index contributed by atoms with van der Waals surface area (Å²) in [6, 6.07) is 11.6. The normalized spacial score (nSPS) is 11.3. The molecule has 140 valence electrons. The van der Waals surface area contributed by atoms with Crippen molar-refractivity contribution < 1.29 is 4.79 Å². The highest BCUT2D eigenvalue weighted by Gasteiger charge is 2.20. The Hall–Kier alpha value is -2.43. The van der Waals surface area contributed by atoms with Gasteiger partial charge in [-0.15, -0.1) is 0 Å². The Kier molecular flexibility index (Phi) is 6.72. The summed E-state index contributed by atoms with van der Waals surface area (Å²) in [6.07, 6.45) is 2.04. The van der Waals surface area contributed by atoms with Gasteiger partial charge in [-0.2, -0.15) is 0 Å². The van der Waals surface area contributed by atoms with Crippen molar-refractivity contribution >= 4 is 11.7 Å². The van der Waals surface area contributed by atoms with Crippen LogP contribution in [-0.2, 0) is 0 Å². The van der Waals surface area contributed by atoms with Gasteiger partial charge in [0, 0.05) is 30.3 Å². The number of nitrogens with one attached hydrogen (secondary N) is 1. The Labute approximate surface area is 156 Å². The molecule has 5 heteroatoms. The minimum Gasteiger partial charge on any atom is -0.357 e. The van der Waals surface area contributed by atoms with Crippen molar-refractivity contribution in [3.05, 3.63) is 42.1 Å². The number of benzene rings is 1. The molecule has 0 bridgehead atoms. The maximum absolute atomic E-state index is 12.7. The first-order valence-corrected chi connectivity index (χ1v) is 9.36. The largest absolute Gasteiger partial charge is 0.357 e. The van der Waals surface area contributed by atoms with E-state index in [0.29, 0.717) is 11.5 Å². The van der Waals surface area contributed by atoms with Gasteiger partial charge in [-0.05, 0) is 33.6 Å². The van der Waals surface area contributed by atoms with Gasteiger partial charge in [0.15, 0.2) is 5.82 Å². The van der Waals surface area contributed by atoms with E-state index in [1.807, 2.05) is 51.1 Å². The predicted octanol–water partition coefficient (Wildman–Crippen LogP) is 4.30. The standard InChI is InChI=1S/C21H30N4O/c1-6-13-25(14-7-2)18-15-17(20(26)24-21(3,4)5)22-19(23-18)16-11-9-8-10-12-16/h8-12,15H,6-7,13-14H2,1-5H3,(H,24,26). The number of carbonyl (C=O) groups excluding carboxylic acids is 1. The second-order valence-electron chi connectivity index (χ2n) is 7.49. The van der Waals surface area contributed by atoms with E-state index >= 15 is 0 Å². The summed E-state index contributed by atoms with van der Waals surface area (Å²) < 4.78 is 0. The average Bonchev–Trinajstić information content (AvgIpc) is 2.60. The number of carbonyl (C=O) groups is 1. The zero-order valence-corrected chi connectivity index (χ0v) is 16.5. The molecular weight excluding hydrogens is 324 g/mol. The topological polar surface area (TPSA) is 58.1 Å². The van der Waals surface area contributed by atoms with Gasteiger partial charge in [-0.25, -0.2) is 9.97 Å². The minimum atomic E-state index is -0.318. The van der Waals surface area contributed by atoms with E-state index in [0.717, 1.165) is 37.3 Å². The fraction of sp³-hybridized carbons (Fsp3) is 0.476. The van der Waals surface area contributed by atoms with Crippen molar-refractivity contribution in [3.8, 4) is 11.4 Å². The lowest BCUT2D eigenvalue weighted by Gasteiger charge is -2.24. The highest BCUT2D eigenvalue weighted by molar-refractivity contribution is 5.94. The average molecular weight is 354 g/mol. The molecule has 1 N–H and O–H groups in total. The summed E-state index contributed by atoms with van der Waals surface area (Å²) in [5.41, 5.74) is 0.995. The molecule has 2 aromatic rings. The first kappa shape index (κ1) is 19.9. The lowest BCUT2D eigenvalue weighted by Crippen LogP contribution is -2.41. The van der Waals surface area contributed by atoms with Crippen LogP contribution in [0.25, 0.3) is 11.4 Å². The second kappa shape index (κ2) is 8.79. The fourth-order valence-corrected chi connectivity index (χ4v) is 2.71. The van der Waals surface area contributed by atoms with Crippen molar-refractivity contribution in [2.45, 2.75) is 53.0 Å². The number of aromatic nitrogens is 2. The quantitative estimate of drug-likeness (QED) is 0.805. The molecule has 1 heterocycles. The Bertz CT molecular complexity index is 717. The van der Waals surface area contributed by atoms with Crippen LogP contribution in [0, 0.1) is 0 Å². The number of rotatable bonds is 7. The van der Waals surface area contributed by atoms with Crippen LogP contribution in [-0.4, -0.2) is 34.5 Å². The van der Waals surface area contributed by atoms with Crippen molar-refractivity contribution in [3.63, 3.8) is 0 Å². The van der Waals surface area contributed by atoms with Gasteiger partial charge in [0.05, 0.1) is 0 Å². The lowest BCUT2D eigenvalue weighted by atomic mass is 10.1. The molecule has 1 aromatic carbocycles. The molecule has 0 aliphatic rings. The Morgan fingerprint density at radius 1 is 1.04 bits per heavy atom. The molecule has 0 unspecified atom stereocenters. The maximum atomic E-state index is 12.7. The SMILES string of the molecule is CCCN(CCC)c1cc(C(=O)NC(C)(C)C)nc(-c2ccccc2)n1. The van der Waals surface area contributed by atoms with Crippen LogP contribution in [0.15, 0.2) is 36.4 Å². The second-order valence-corrected chi connectivity index (χ2v) is 7.49. The molecule has 0 atom stereocenters. The molecule has 0 radical (unpaired) electrons. The summed E-state index contributed by atoms with van der Waals surface area (Å²) in [5.74, 6) is 1.22. The van der Waals surface area contributed by atoms with Gasteiger partial charge >= 0.3 is 0 Å². The van der Waals surface area contributed by atoms with Gasteiger partial charge in [0.2, 0.25) is 0 Å². The summed E-state index contributed by atoms with van der Waals surface area (Å²) in [4.78, 5) is 24.2. The minimum absolute atomic E-state index is 0.175. The van der Waals surface area contributed by atoms with Gasteiger partial charge < -0.3 is 10.2 Å². The van der Waals surface area contributed by atoms with E-state index in [1.54, 1.807) is 6.07 Å². The summed E-state index contributed by atoms with van der Waals surface area (Å²) in [5, 5.41) is 3.00. The monoisotopic (exact) mass is 354 g/mol. The van der Waals surface area contributed by atoms with Crippen molar-refractivity contribution in [2.24, 2.45) is 0 Å². The van der Waals surface area contributed by atoms with Crippen molar-refractivity contribution in [1.82, 2.24) is 15.3 Å². The van der Waals surface area contributed by atoms with E-state index in [9.17, 15) is 4.79 Å². The molecule has 0 fully saturated rings. The molecule has 5 nitrogen and oxygen atoms in total. The zero-order valence-electron chi connectivity index (χ0n) is 16.5. The van der Waals surface area contributed by atoms with Crippen LogP contribution in [0.3, 0.4) is 0 Å². The van der Waals surface area contributed by atoms with Gasteiger partial charge in [0.1, 0.15) is 11.5 Å². The molecule has 2 rings (SSSR count). The Balaban J connectivity index is 2.50. The van der Waals surface area contributed by atoms with Crippen molar-refractivity contribution in [2.75, 3.05) is 18.0 Å². The molecular formula is C21H30N4O. The first-order chi connectivity index (χ1) is 12.3. The predicted molar refractivity (Wildman–Crippen MR) is 107 cm³/mol. The van der Waals surface area contributed by atoms with E-state index in [1.165, 1.54) is 0 Å². The van der Waals surface area contributed by atoms with Crippen LogP contribution in [0.2, 0.25) is 0 Å². The van der Waals surface area contributed by atoms with E-state index in [-0.39, 0.29) is 11.4 Å². The maximum Gasteiger partial charge on any atom is 0.270 e. The number of hydrogen-bond acceptors (Lipinski definition) is 4. The fourth-order valence-electron chi connectivity index (χ4n) is 2.71. The highest BCUT2D eigenvalue weighted by Crippen LogP contribution is 2.21. The van der Waals surface area contributed by atoms with Crippen LogP contribution in [0.1, 0.15) is 57.9 Å². The molecule has 0 aliphatic heterocycles. The Morgan fingerprint density at radius 3 is 2.19 bits per heavy atom. The van der Waals surface area contributed by atoms with Gasteiger partial charge in [-0.3, -0.25) is 4.79 Å². The third-order valence-corrected chi connectivity index (χ3v) is 3.78. The number of anilines is 1. The number of hydrogen-bond donors (Lipinski definition) is 1. The summed E-state index contributed by atoms with van der Waals surface area (Å²) >= 11 is 0. The van der Waals surface area contributed by atoms with Crippen LogP contribution in [0.4, 0.5) is 5.82 Å². The van der Waals surface area contributed by atoms with Gasteiger partial charge in [0.25, 0.3) is 5.91 Å². The number of amides is 1. The number of nitrogens with zero attached hydrogens (tertiary/aromatic N) is 3. The molecule has 1 amide bonds. The Morgan fingerprint density at radius 2 is 1.65 bits per heavy atom. The first-order valence-electron chi connectivity index (χ1n) is 9.36. The molecule has 0 saturated heterocycles. The lowest BCUT2D eigenvalue weighted by molar-refractivity contribution is 0.0914. The summed E-state index contributed by atoms with van der Waals surface area (Å²) in [6.45, 7) is 12.0. The zero-order chi connectivity index (χ0) is 19.2.